The van der Waals surface area contributed by atoms with E-state index in [0.29, 0.717) is 12.1 Å². The molecule has 25 heavy (non-hydrogen) atoms. The molecule has 0 bridgehead atoms. The number of benzene rings is 1. The third-order valence-electron chi connectivity index (χ3n) is 4.24. The number of nitrogens with one attached hydrogen (secondary N) is 2. The maximum atomic E-state index is 12.1. The van der Waals surface area contributed by atoms with Crippen molar-refractivity contribution in [3.63, 3.8) is 0 Å². The molecule has 1 aromatic rings. The van der Waals surface area contributed by atoms with E-state index in [1.54, 1.807) is 13.0 Å². The van der Waals surface area contributed by atoms with E-state index in [4.69, 9.17) is 4.74 Å². The molecule has 0 radical (unpaired) electrons. The Morgan fingerprint density at radius 1 is 1.16 bits per heavy atom. The van der Waals surface area contributed by atoms with Crippen LogP contribution in [0.5, 0.6) is 0 Å². The van der Waals surface area contributed by atoms with Gasteiger partial charge >= 0.3 is 5.97 Å². The van der Waals surface area contributed by atoms with Gasteiger partial charge < -0.3 is 15.4 Å². The SMILES string of the molecule is CCCNC(=O)[C@@H](C)NC(=O)COC(=O)c1ccc2c(c1)CCCC2. The Hall–Kier alpha value is -2.37. The van der Waals surface area contributed by atoms with Gasteiger partial charge in [-0.1, -0.05) is 13.0 Å². The molecule has 0 saturated carbocycles. The number of hydrogen-bond acceptors (Lipinski definition) is 4. The monoisotopic (exact) mass is 346 g/mol. The molecule has 6 nitrogen and oxygen atoms in total. The molecule has 6 heteroatoms. The van der Waals surface area contributed by atoms with Gasteiger partial charge in [-0.3, -0.25) is 9.59 Å². The summed E-state index contributed by atoms with van der Waals surface area (Å²) in [6, 6.07) is 4.90. The van der Waals surface area contributed by atoms with E-state index in [-0.39, 0.29) is 5.91 Å². The van der Waals surface area contributed by atoms with Gasteiger partial charge in [0.05, 0.1) is 5.56 Å². The molecule has 0 saturated heterocycles. The molecule has 2 N–H and O–H groups in total. The predicted octanol–water partition coefficient (Wildman–Crippen LogP) is 1.75. The van der Waals surface area contributed by atoms with E-state index < -0.39 is 24.5 Å². The Morgan fingerprint density at radius 2 is 1.88 bits per heavy atom. The largest absolute Gasteiger partial charge is 0.452 e. The van der Waals surface area contributed by atoms with Crippen LogP contribution in [0.2, 0.25) is 0 Å². The van der Waals surface area contributed by atoms with Gasteiger partial charge in [-0.15, -0.1) is 0 Å². The van der Waals surface area contributed by atoms with Crippen molar-refractivity contribution in [2.45, 2.75) is 52.0 Å². The third-order valence-corrected chi connectivity index (χ3v) is 4.24. The van der Waals surface area contributed by atoms with Crippen molar-refractivity contribution in [3.05, 3.63) is 34.9 Å². The van der Waals surface area contributed by atoms with Gasteiger partial charge in [-0.25, -0.2) is 4.79 Å². The molecule has 0 spiro atoms. The maximum absolute atomic E-state index is 12.1. The first-order valence-electron chi connectivity index (χ1n) is 8.87. The van der Waals surface area contributed by atoms with E-state index in [1.165, 1.54) is 17.5 Å². The highest BCUT2D eigenvalue weighted by Crippen LogP contribution is 2.22. The minimum Gasteiger partial charge on any atom is -0.452 e. The van der Waals surface area contributed by atoms with Crippen LogP contribution in [-0.2, 0) is 27.2 Å². The van der Waals surface area contributed by atoms with Crippen LogP contribution in [0.15, 0.2) is 18.2 Å². The van der Waals surface area contributed by atoms with Crippen LogP contribution in [0, 0.1) is 0 Å². The molecule has 1 aromatic carbocycles. The van der Waals surface area contributed by atoms with Crippen molar-refractivity contribution in [2.24, 2.45) is 0 Å². The van der Waals surface area contributed by atoms with E-state index in [2.05, 4.69) is 10.6 Å². The van der Waals surface area contributed by atoms with Crippen LogP contribution in [0.4, 0.5) is 0 Å². The van der Waals surface area contributed by atoms with Gasteiger partial charge in [0, 0.05) is 6.54 Å². The summed E-state index contributed by atoms with van der Waals surface area (Å²) in [5.74, 6) is -1.27. The van der Waals surface area contributed by atoms with E-state index in [0.717, 1.165) is 25.7 Å². The number of ether oxygens (including phenoxy) is 1. The zero-order valence-electron chi connectivity index (χ0n) is 14.9. The quantitative estimate of drug-likeness (QED) is 0.737. The standard InChI is InChI=1S/C19H26N2O4/c1-3-10-20-18(23)13(2)21-17(22)12-25-19(24)16-9-8-14-6-4-5-7-15(14)11-16/h8-9,11,13H,3-7,10,12H2,1-2H3,(H,20,23)(H,21,22)/t13-/m1/s1. The molecule has 136 valence electrons. The fourth-order valence-corrected chi connectivity index (χ4v) is 2.82. The van der Waals surface area contributed by atoms with E-state index in [9.17, 15) is 14.4 Å². The van der Waals surface area contributed by atoms with Crippen LogP contribution in [0.3, 0.4) is 0 Å². The average Bonchev–Trinajstić information content (AvgIpc) is 2.63. The van der Waals surface area contributed by atoms with Crippen LogP contribution in [-0.4, -0.2) is 37.0 Å². The second-order valence-electron chi connectivity index (χ2n) is 6.35. The molecule has 0 heterocycles. The number of aryl methyl sites for hydroxylation is 2. The summed E-state index contributed by atoms with van der Waals surface area (Å²) < 4.78 is 5.06. The highest BCUT2D eigenvalue weighted by Gasteiger charge is 2.17. The summed E-state index contributed by atoms with van der Waals surface area (Å²) in [5.41, 5.74) is 2.93. The van der Waals surface area contributed by atoms with Crippen LogP contribution >= 0.6 is 0 Å². The van der Waals surface area contributed by atoms with Crippen molar-refractivity contribution < 1.29 is 19.1 Å². The number of fused-ring (bicyclic) bond motifs is 1. The van der Waals surface area contributed by atoms with Crippen molar-refractivity contribution in [2.75, 3.05) is 13.2 Å². The summed E-state index contributed by atoms with van der Waals surface area (Å²) in [6.45, 7) is 3.70. The lowest BCUT2D eigenvalue weighted by Gasteiger charge is -2.16. The number of carbonyl (C=O) groups is 3. The zero-order valence-corrected chi connectivity index (χ0v) is 14.9. The fraction of sp³-hybridized carbons (Fsp3) is 0.526. The fourth-order valence-electron chi connectivity index (χ4n) is 2.82. The highest BCUT2D eigenvalue weighted by atomic mass is 16.5. The Morgan fingerprint density at radius 3 is 2.60 bits per heavy atom. The summed E-state index contributed by atoms with van der Waals surface area (Å²) in [7, 11) is 0. The van der Waals surface area contributed by atoms with Gasteiger partial charge in [0.1, 0.15) is 6.04 Å². The molecule has 1 atom stereocenters. The van der Waals surface area contributed by atoms with Gasteiger partial charge in [0.25, 0.3) is 5.91 Å². The first-order valence-corrected chi connectivity index (χ1v) is 8.87. The molecule has 1 aliphatic rings. The Labute approximate surface area is 148 Å². The molecule has 0 unspecified atom stereocenters. The minimum atomic E-state index is -0.665. The van der Waals surface area contributed by atoms with Gasteiger partial charge in [-0.05, 0) is 62.3 Å². The summed E-state index contributed by atoms with van der Waals surface area (Å²) in [6.07, 6.45) is 5.16. The van der Waals surface area contributed by atoms with Crippen molar-refractivity contribution in [3.8, 4) is 0 Å². The second kappa shape index (κ2) is 9.20. The van der Waals surface area contributed by atoms with Crippen molar-refractivity contribution in [1.29, 1.82) is 0 Å². The van der Waals surface area contributed by atoms with Gasteiger partial charge in [-0.2, -0.15) is 0 Å². The molecular formula is C19H26N2O4. The topological polar surface area (TPSA) is 84.5 Å². The lowest BCUT2D eigenvalue weighted by atomic mass is 9.90. The Kier molecular flexibility index (Phi) is 6.98. The molecule has 0 aliphatic heterocycles. The minimum absolute atomic E-state index is 0.254. The maximum Gasteiger partial charge on any atom is 0.338 e. The molecule has 2 rings (SSSR count). The van der Waals surface area contributed by atoms with Gasteiger partial charge in [0.2, 0.25) is 5.91 Å². The Balaban J connectivity index is 1.81. The highest BCUT2D eigenvalue weighted by molar-refractivity contribution is 5.92. The summed E-state index contributed by atoms with van der Waals surface area (Å²) in [4.78, 5) is 35.6. The van der Waals surface area contributed by atoms with Crippen molar-refractivity contribution in [1.82, 2.24) is 10.6 Å². The predicted molar refractivity (Wildman–Crippen MR) is 94.3 cm³/mol. The number of esters is 1. The molecule has 1 aliphatic carbocycles. The Bertz CT molecular complexity index is 642. The molecule has 2 amide bonds. The first kappa shape index (κ1) is 19.0. The number of amides is 2. The zero-order chi connectivity index (χ0) is 18.2. The molecule has 0 aromatic heterocycles. The van der Waals surface area contributed by atoms with E-state index >= 15 is 0 Å². The number of rotatable bonds is 7. The van der Waals surface area contributed by atoms with Crippen LogP contribution < -0.4 is 10.6 Å². The van der Waals surface area contributed by atoms with Crippen LogP contribution in [0.25, 0.3) is 0 Å². The summed E-state index contributed by atoms with van der Waals surface area (Å²) >= 11 is 0. The smallest absolute Gasteiger partial charge is 0.338 e. The lowest BCUT2D eigenvalue weighted by molar-refractivity contribution is -0.130. The van der Waals surface area contributed by atoms with Crippen LogP contribution in [0.1, 0.15) is 54.6 Å². The lowest BCUT2D eigenvalue weighted by Crippen LogP contribution is -2.46. The number of hydrogen-bond donors (Lipinski definition) is 2. The van der Waals surface area contributed by atoms with E-state index in [1.807, 2.05) is 19.1 Å². The third kappa shape index (κ3) is 5.59. The summed E-state index contributed by atoms with van der Waals surface area (Å²) in [5, 5.41) is 5.21. The second-order valence-corrected chi connectivity index (χ2v) is 6.35. The number of carbonyl (C=O) groups excluding carboxylic acids is 3. The molecule has 0 fully saturated rings. The molecular weight excluding hydrogens is 320 g/mol. The van der Waals surface area contributed by atoms with Gasteiger partial charge in [0.15, 0.2) is 6.61 Å². The average molecular weight is 346 g/mol. The first-order chi connectivity index (χ1) is 12.0. The normalized spacial score (nSPS) is 14.2. The van der Waals surface area contributed by atoms with Crippen molar-refractivity contribution >= 4 is 17.8 Å².